The van der Waals surface area contributed by atoms with Gasteiger partial charge in [0.2, 0.25) is 0 Å². The first-order chi connectivity index (χ1) is 12.6. The average molecular weight is 353 g/mol. The Labute approximate surface area is 153 Å². The van der Waals surface area contributed by atoms with Gasteiger partial charge in [-0.3, -0.25) is 4.79 Å². The Bertz CT molecular complexity index is 809. The molecule has 3 rings (SSSR count). The highest BCUT2D eigenvalue weighted by molar-refractivity contribution is 6.31. The van der Waals surface area contributed by atoms with E-state index in [4.69, 9.17) is 0 Å². The predicted molar refractivity (Wildman–Crippen MR) is 106 cm³/mol. The number of nitrogens with zero attached hydrogens (tertiary/aromatic N) is 1. The standard InChI is InChI=1S/C21H24FN3O/c1-3-11-25(12-4-2)17-8-6-16(7-9-17)23-14-19-18-13-15(22)5-10-20(18)24-21(19)26/h5-10,13-14,23H,3-4,11-12H2,1-2H3,(H,24,26)/b19-14+. The molecule has 0 bridgehead atoms. The zero-order valence-electron chi connectivity index (χ0n) is 15.2. The number of benzene rings is 2. The maximum absolute atomic E-state index is 13.5. The van der Waals surface area contributed by atoms with Gasteiger partial charge in [0.05, 0.1) is 5.57 Å². The minimum atomic E-state index is -0.359. The molecule has 2 aromatic carbocycles. The van der Waals surface area contributed by atoms with E-state index in [0.717, 1.165) is 31.6 Å². The minimum absolute atomic E-state index is 0.230. The van der Waals surface area contributed by atoms with Crippen molar-refractivity contribution in [3.8, 4) is 0 Å². The molecule has 0 unspecified atom stereocenters. The van der Waals surface area contributed by atoms with Gasteiger partial charge in [0, 0.05) is 41.9 Å². The molecule has 1 aliphatic heterocycles. The van der Waals surface area contributed by atoms with Crippen LogP contribution in [0, 0.1) is 5.82 Å². The first-order valence-electron chi connectivity index (χ1n) is 9.05. The Morgan fingerprint density at radius 3 is 2.42 bits per heavy atom. The summed E-state index contributed by atoms with van der Waals surface area (Å²) in [4.78, 5) is 14.5. The van der Waals surface area contributed by atoms with Gasteiger partial charge < -0.3 is 15.5 Å². The van der Waals surface area contributed by atoms with Crippen LogP contribution in [0.4, 0.5) is 21.5 Å². The van der Waals surface area contributed by atoms with E-state index in [1.807, 2.05) is 12.1 Å². The SMILES string of the molecule is CCCN(CCC)c1ccc(N/C=C2/C(=O)Nc3ccc(F)cc32)cc1. The molecule has 4 nitrogen and oxygen atoms in total. The van der Waals surface area contributed by atoms with Crippen LogP contribution in [0.5, 0.6) is 0 Å². The molecule has 0 saturated carbocycles. The van der Waals surface area contributed by atoms with Crippen molar-refractivity contribution in [1.29, 1.82) is 0 Å². The van der Waals surface area contributed by atoms with Gasteiger partial charge in [-0.15, -0.1) is 0 Å². The third-order valence-corrected chi connectivity index (χ3v) is 4.37. The molecule has 0 fully saturated rings. The second-order valence-corrected chi connectivity index (χ2v) is 6.38. The molecule has 0 atom stereocenters. The van der Waals surface area contributed by atoms with Gasteiger partial charge in [0.25, 0.3) is 5.91 Å². The van der Waals surface area contributed by atoms with Crippen molar-refractivity contribution < 1.29 is 9.18 Å². The van der Waals surface area contributed by atoms with Crippen LogP contribution in [0.3, 0.4) is 0 Å². The summed E-state index contributed by atoms with van der Waals surface area (Å²) >= 11 is 0. The highest BCUT2D eigenvalue weighted by atomic mass is 19.1. The Hall–Kier alpha value is -2.82. The molecule has 26 heavy (non-hydrogen) atoms. The molecule has 1 amide bonds. The lowest BCUT2D eigenvalue weighted by Gasteiger charge is -2.23. The smallest absolute Gasteiger partial charge is 0.257 e. The van der Waals surface area contributed by atoms with Gasteiger partial charge in [0.1, 0.15) is 5.82 Å². The van der Waals surface area contributed by atoms with Gasteiger partial charge in [0.15, 0.2) is 0 Å². The molecule has 1 aliphatic rings. The van der Waals surface area contributed by atoms with E-state index in [9.17, 15) is 9.18 Å². The summed E-state index contributed by atoms with van der Waals surface area (Å²) < 4.78 is 13.5. The largest absolute Gasteiger partial charge is 0.372 e. The summed E-state index contributed by atoms with van der Waals surface area (Å²) in [6.07, 6.45) is 3.85. The molecule has 0 aromatic heterocycles. The summed E-state index contributed by atoms with van der Waals surface area (Å²) in [5.41, 5.74) is 3.72. The van der Waals surface area contributed by atoms with Gasteiger partial charge in [-0.05, 0) is 55.3 Å². The van der Waals surface area contributed by atoms with Crippen LogP contribution in [0.1, 0.15) is 32.3 Å². The third-order valence-electron chi connectivity index (χ3n) is 4.37. The maximum Gasteiger partial charge on any atom is 0.257 e. The first kappa shape index (κ1) is 18.0. The number of nitrogens with one attached hydrogen (secondary N) is 2. The molecule has 2 aromatic rings. The van der Waals surface area contributed by atoms with Crippen molar-refractivity contribution in [2.24, 2.45) is 0 Å². The zero-order chi connectivity index (χ0) is 18.5. The summed E-state index contributed by atoms with van der Waals surface area (Å²) in [5, 5.41) is 5.89. The Morgan fingerprint density at radius 1 is 1.08 bits per heavy atom. The van der Waals surface area contributed by atoms with Gasteiger partial charge in [-0.1, -0.05) is 13.8 Å². The van der Waals surface area contributed by atoms with Gasteiger partial charge in [-0.2, -0.15) is 0 Å². The molecule has 0 radical (unpaired) electrons. The second-order valence-electron chi connectivity index (χ2n) is 6.38. The fourth-order valence-corrected chi connectivity index (χ4v) is 3.14. The number of rotatable bonds is 7. The van der Waals surface area contributed by atoms with Crippen molar-refractivity contribution in [3.63, 3.8) is 0 Å². The van der Waals surface area contributed by atoms with Gasteiger partial charge >= 0.3 is 0 Å². The van der Waals surface area contributed by atoms with Crippen LogP contribution in [0.25, 0.3) is 5.57 Å². The van der Waals surface area contributed by atoms with E-state index in [2.05, 4.69) is 41.5 Å². The Morgan fingerprint density at radius 2 is 1.77 bits per heavy atom. The van der Waals surface area contributed by atoms with Crippen molar-refractivity contribution in [2.45, 2.75) is 26.7 Å². The number of anilines is 3. The van der Waals surface area contributed by atoms with Gasteiger partial charge in [-0.25, -0.2) is 4.39 Å². The topological polar surface area (TPSA) is 44.4 Å². The molecular weight excluding hydrogens is 329 g/mol. The lowest BCUT2D eigenvalue weighted by Crippen LogP contribution is -2.24. The molecule has 136 valence electrons. The highest BCUT2D eigenvalue weighted by Crippen LogP contribution is 2.32. The molecular formula is C21H24FN3O. The quantitative estimate of drug-likeness (QED) is 0.699. The Kier molecular flexibility index (Phi) is 5.56. The number of amides is 1. The van der Waals surface area contributed by atoms with Crippen LogP contribution in [0.15, 0.2) is 48.7 Å². The minimum Gasteiger partial charge on any atom is -0.372 e. The third kappa shape index (κ3) is 3.87. The molecule has 0 saturated heterocycles. The molecule has 0 spiro atoms. The predicted octanol–water partition coefficient (Wildman–Crippen LogP) is 4.86. The molecule has 0 aliphatic carbocycles. The van der Waals surface area contributed by atoms with E-state index >= 15 is 0 Å². The lowest BCUT2D eigenvalue weighted by molar-refractivity contribution is -0.110. The summed E-state index contributed by atoms with van der Waals surface area (Å²) in [6.45, 7) is 6.43. The zero-order valence-corrected chi connectivity index (χ0v) is 15.2. The van der Waals surface area contributed by atoms with E-state index in [0.29, 0.717) is 16.8 Å². The van der Waals surface area contributed by atoms with Crippen LogP contribution in [-0.4, -0.2) is 19.0 Å². The van der Waals surface area contributed by atoms with Crippen molar-refractivity contribution in [2.75, 3.05) is 28.6 Å². The second kappa shape index (κ2) is 8.04. The Balaban J connectivity index is 1.75. The normalized spacial score (nSPS) is 14.3. The van der Waals surface area contributed by atoms with E-state index in [1.54, 1.807) is 12.3 Å². The number of carbonyl (C=O) groups excluding carboxylic acids is 1. The summed E-state index contributed by atoms with van der Waals surface area (Å²) in [5.74, 6) is -0.589. The van der Waals surface area contributed by atoms with E-state index in [-0.39, 0.29) is 11.7 Å². The highest BCUT2D eigenvalue weighted by Gasteiger charge is 2.24. The lowest BCUT2D eigenvalue weighted by atomic mass is 10.1. The molecule has 2 N–H and O–H groups in total. The number of fused-ring (bicyclic) bond motifs is 1. The first-order valence-corrected chi connectivity index (χ1v) is 9.05. The fraction of sp³-hybridized carbons (Fsp3) is 0.286. The number of hydrogen-bond donors (Lipinski definition) is 2. The van der Waals surface area contributed by atoms with Crippen LogP contribution < -0.4 is 15.5 Å². The van der Waals surface area contributed by atoms with Crippen molar-refractivity contribution in [3.05, 3.63) is 60.0 Å². The number of halogens is 1. The molecule has 1 heterocycles. The van der Waals surface area contributed by atoms with Crippen LogP contribution >= 0.6 is 0 Å². The van der Waals surface area contributed by atoms with Crippen molar-refractivity contribution in [1.82, 2.24) is 0 Å². The van der Waals surface area contributed by atoms with Crippen LogP contribution in [0.2, 0.25) is 0 Å². The number of hydrogen-bond acceptors (Lipinski definition) is 3. The van der Waals surface area contributed by atoms with Crippen LogP contribution in [-0.2, 0) is 4.79 Å². The monoisotopic (exact) mass is 353 g/mol. The number of carbonyl (C=O) groups is 1. The molecule has 5 heteroatoms. The van der Waals surface area contributed by atoms with E-state index < -0.39 is 0 Å². The van der Waals surface area contributed by atoms with Crippen molar-refractivity contribution >= 4 is 28.5 Å². The van der Waals surface area contributed by atoms with E-state index in [1.165, 1.54) is 17.8 Å². The summed E-state index contributed by atoms with van der Waals surface area (Å²) in [7, 11) is 0. The summed E-state index contributed by atoms with van der Waals surface area (Å²) in [6, 6.07) is 12.4. The fourth-order valence-electron chi connectivity index (χ4n) is 3.14. The maximum atomic E-state index is 13.5. The average Bonchev–Trinajstić information content (AvgIpc) is 2.95.